The SMILES string of the molecule is Cc1ccc(-c2ccc(C(N)c3cccs3)c(=O)n2C)cc1. The standard InChI is InChI=1S/C18H18N2OS/c1-12-5-7-13(8-6-12)15-10-9-14(18(21)20(15)2)17(19)16-4-3-11-22-16/h3-11,17H,19H2,1-2H3. The number of hydrogen-bond acceptors (Lipinski definition) is 3. The Morgan fingerprint density at radius 1 is 1.09 bits per heavy atom. The van der Waals surface area contributed by atoms with Gasteiger partial charge in [0.05, 0.1) is 11.7 Å². The van der Waals surface area contributed by atoms with Crippen LogP contribution in [0.1, 0.15) is 22.0 Å². The molecule has 112 valence electrons. The number of thiophene rings is 1. The molecule has 2 N–H and O–H groups in total. The molecule has 0 aliphatic carbocycles. The first-order chi connectivity index (χ1) is 10.6. The Balaban J connectivity index is 2.05. The third kappa shape index (κ3) is 2.63. The van der Waals surface area contributed by atoms with Gasteiger partial charge in [-0.25, -0.2) is 0 Å². The fraction of sp³-hybridized carbons (Fsp3) is 0.167. The molecule has 2 heterocycles. The molecule has 0 spiro atoms. The normalized spacial score (nSPS) is 12.3. The van der Waals surface area contributed by atoms with Crippen LogP contribution in [0.2, 0.25) is 0 Å². The van der Waals surface area contributed by atoms with Crippen LogP contribution in [0.25, 0.3) is 11.3 Å². The number of hydrogen-bond donors (Lipinski definition) is 1. The summed E-state index contributed by atoms with van der Waals surface area (Å²) in [6, 6.07) is 15.5. The summed E-state index contributed by atoms with van der Waals surface area (Å²) in [5, 5.41) is 1.97. The number of nitrogens with two attached hydrogens (primary N) is 1. The number of nitrogens with zero attached hydrogens (tertiary/aromatic N) is 1. The lowest BCUT2D eigenvalue weighted by Gasteiger charge is -2.14. The lowest BCUT2D eigenvalue weighted by Crippen LogP contribution is -2.27. The molecule has 3 rings (SSSR count). The molecule has 1 unspecified atom stereocenters. The second kappa shape index (κ2) is 5.91. The predicted molar refractivity (Wildman–Crippen MR) is 92.2 cm³/mol. The lowest BCUT2D eigenvalue weighted by atomic mass is 10.0. The molecule has 0 radical (unpaired) electrons. The van der Waals surface area contributed by atoms with E-state index in [-0.39, 0.29) is 11.6 Å². The summed E-state index contributed by atoms with van der Waals surface area (Å²) in [6.45, 7) is 2.05. The number of aromatic nitrogens is 1. The number of pyridine rings is 1. The van der Waals surface area contributed by atoms with Crippen LogP contribution in [0.5, 0.6) is 0 Å². The van der Waals surface area contributed by atoms with E-state index in [1.807, 2.05) is 60.8 Å². The molecule has 0 aliphatic heterocycles. The Kier molecular flexibility index (Phi) is 3.96. The van der Waals surface area contributed by atoms with Crippen molar-refractivity contribution in [2.45, 2.75) is 13.0 Å². The zero-order chi connectivity index (χ0) is 15.7. The van der Waals surface area contributed by atoms with E-state index in [2.05, 4.69) is 0 Å². The molecule has 4 heteroatoms. The Labute approximate surface area is 133 Å². The Morgan fingerprint density at radius 3 is 2.45 bits per heavy atom. The molecule has 0 saturated carbocycles. The van der Waals surface area contributed by atoms with Crippen molar-refractivity contribution in [3.63, 3.8) is 0 Å². The number of rotatable bonds is 3. The summed E-state index contributed by atoms with van der Waals surface area (Å²) in [6.07, 6.45) is 0. The molecule has 0 saturated heterocycles. The summed E-state index contributed by atoms with van der Waals surface area (Å²) in [5.74, 6) is 0. The topological polar surface area (TPSA) is 48.0 Å². The van der Waals surface area contributed by atoms with Crippen LogP contribution < -0.4 is 11.3 Å². The van der Waals surface area contributed by atoms with E-state index in [0.717, 1.165) is 16.1 Å². The summed E-state index contributed by atoms with van der Waals surface area (Å²) in [5.41, 5.74) is 9.94. The Hall–Kier alpha value is -2.17. The van der Waals surface area contributed by atoms with E-state index >= 15 is 0 Å². The van der Waals surface area contributed by atoms with E-state index in [9.17, 15) is 4.79 Å². The predicted octanol–water partition coefficient (Wildman–Crippen LogP) is 3.47. The van der Waals surface area contributed by atoms with Crippen LogP contribution in [0.15, 0.2) is 58.7 Å². The average molecular weight is 310 g/mol. The van der Waals surface area contributed by atoms with Crippen molar-refractivity contribution in [3.8, 4) is 11.3 Å². The van der Waals surface area contributed by atoms with Crippen molar-refractivity contribution >= 4 is 11.3 Å². The van der Waals surface area contributed by atoms with Crippen LogP contribution >= 0.6 is 11.3 Å². The smallest absolute Gasteiger partial charge is 0.255 e. The van der Waals surface area contributed by atoms with Gasteiger partial charge in [-0.2, -0.15) is 0 Å². The third-order valence-electron chi connectivity index (χ3n) is 3.87. The van der Waals surface area contributed by atoms with Crippen LogP contribution in [-0.2, 0) is 7.05 Å². The zero-order valence-corrected chi connectivity index (χ0v) is 13.4. The quantitative estimate of drug-likeness (QED) is 0.805. The van der Waals surface area contributed by atoms with Crippen molar-refractivity contribution in [3.05, 3.63) is 80.3 Å². The molecule has 3 nitrogen and oxygen atoms in total. The number of aryl methyl sites for hydroxylation is 1. The van der Waals surface area contributed by atoms with Crippen molar-refractivity contribution < 1.29 is 0 Å². The summed E-state index contributed by atoms with van der Waals surface area (Å²) in [4.78, 5) is 13.7. The number of benzene rings is 1. The molecule has 0 fully saturated rings. The van der Waals surface area contributed by atoms with E-state index < -0.39 is 0 Å². The van der Waals surface area contributed by atoms with Crippen LogP contribution in [0, 0.1) is 6.92 Å². The highest BCUT2D eigenvalue weighted by Gasteiger charge is 2.16. The van der Waals surface area contributed by atoms with Gasteiger partial charge in [-0.15, -0.1) is 11.3 Å². The van der Waals surface area contributed by atoms with E-state index in [0.29, 0.717) is 5.56 Å². The molecular formula is C18H18N2OS. The summed E-state index contributed by atoms with van der Waals surface area (Å²) >= 11 is 1.57. The molecule has 0 aliphatic rings. The van der Waals surface area contributed by atoms with Crippen molar-refractivity contribution in [2.24, 2.45) is 12.8 Å². The average Bonchev–Trinajstić information content (AvgIpc) is 3.05. The first-order valence-electron chi connectivity index (χ1n) is 7.14. The highest BCUT2D eigenvalue weighted by atomic mass is 32.1. The van der Waals surface area contributed by atoms with Gasteiger partial charge in [0.15, 0.2) is 0 Å². The molecule has 0 amide bonds. The second-order valence-electron chi connectivity index (χ2n) is 5.40. The van der Waals surface area contributed by atoms with Gasteiger partial charge in [0.25, 0.3) is 5.56 Å². The molecule has 1 atom stereocenters. The minimum atomic E-state index is -0.370. The maximum Gasteiger partial charge on any atom is 0.255 e. The van der Waals surface area contributed by atoms with Crippen molar-refractivity contribution in [1.82, 2.24) is 4.57 Å². The van der Waals surface area contributed by atoms with Crippen LogP contribution in [0.4, 0.5) is 0 Å². The van der Waals surface area contributed by atoms with E-state index in [1.165, 1.54) is 5.56 Å². The molecule has 3 aromatic rings. The van der Waals surface area contributed by atoms with Gasteiger partial charge in [-0.3, -0.25) is 4.79 Å². The molecule has 2 aromatic heterocycles. The van der Waals surface area contributed by atoms with Gasteiger partial charge in [0, 0.05) is 17.5 Å². The minimum absolute atomic E-state index is 0.0426. The summed E-state index contributed by atoms with van der Waals surface area (Å²) in [7, 11) is 1.79. The maximum absolute atomic E-state index is 12.7. The van der Waals surface area contributed by atoms with Gasteiger partial charge in [-0.05, 0) is 36.1 Å². The van der Waals surface area contributed by atoms with Gasteiger partial charge in [0.2, 0.25) is 0 Å². The Morgan fingerprint density at radius 2 is 1.82 bits per heavy atom. The fourth-order valence-corrected chi connectivity index (χ4v) is 3.27. The van der Waals surface area contributed by atoms with Gasteiger partial charge in [-0.1, -0.05) is 35.9 Å². The monoisotopic (exact) mass is 310 g/mol. The van der Waals surface area contributed by atoms with Crippen molar-refractivity contribution in [1.29, 1.82) is 0 Å². The zero-order valence-electron chi connectivity index (χ0n) is 12.6. The van der Waals surface area contributed by atoms with Gasteiger partial charge < -0.3 is 10.3 Å². The fourth-order valence-electron chi connectivity index (χ4n) is 2.53. The molecule has 1 aromatic carbocycles. The van der Waals surface area contributed by atoms with Crippen LogP contribution in [-0.4, -0.2) is 4.57 Å². The lowest BCUT2D eigenvalue weighted by molar-refractivity contribution is 0.798. The Bertz CT molecular complexity index is 833. The highest BCUT2D eigenvalue weighted by molar-refractivity contribution is 7.10. The first kappa shape index (κ1) is 14.8. The van der Waals surface area contributed by atoms with E-state index in [1.54, 1.807) is 23.0 Å². The van der Waals surface area contributed by atoms with E-state index in [4.69, 9.17) is 5.73 Å². The largest absolute Gasteiger partial charge is 0.319 e. The van der Waals surface area contributed by atoms with Crippen molar-refractivity contribution in [2.75, 3.05) is 0 Å². The highest BCUT2D eigenvalue weighted by Crippen LogP contribution is 2.24. The van der Waals surface area contributed by atoms with Gasteiger partial charge in [0.1, 0.15) is 0 Å². The van der Waals surface area contributed by atoms with Gasteiger partial charge >= 0.3 is 0 Å². The molecule has 22 heavy (non-hydrogen) atoms. The summed E-state index contributed by atoms with van der Waals surface area (Å²) < 4.78 is 1.67. The third-order valence-corrected chi connectivity index (χ3v) is 4.82. The second-order valence-corrected chi connectivity index (χ2v) is 6.38. The maximum atomic E-state index is 12.7. The molecular weight excluding hydrogens is 292 g/mol. The molecule has 0 bridgehead atoms. The van der Waals surface area contributed by atoms with Crippen LogP contribution in [0.3, 0.4) is 0 Å². The first-order valence-corrected chi connectivity index (χ1v) is 8.02. The minimum Gasteiger partial charge on any atom is -0.319 e.